The predicted octanol–water partition coefficient (Wildman–Crippen LogP) is 3.05. The van der Waals surface area contributed by atoms with Crippen molar-refractivity contribution in [3.8, 4) is 11.6 Å². The fraction of sp³-hybridized carbons (Fsp3) is 0.118. The molecule has 0 spiro atoms. The molecule has 0 aliphatic rings. The lowest BCUT2D eigenvalue weighted by Gasteiger charge is -2.08. The number of nitro benzene ring substituents is 1. The SMILES string of the molecule is NCCN=C(c1ccc([N+](=O)[O-])c(O)c1)c1c(O)[nH]c2ccc(Br)cc12. The number of H-pyrrole nitrogens is 1. The molecule has 26 heavy (non-hydrogen) atoms. The summed E-state index contributed by atoms with van der Waals surface area (Å²) in [7, 11) is 0. The maximum atomic E-state index is 10.9. The number of nitrogens with zero attached hydrogens (tertiary/aromatic N) is 2. The quantitative estimate of drug-likeness (QED) is 0.286. The van der Waals surface area contributed by atoms with Crippen molar-refractivity contribution in [1.29, 1.82) is 0 Å². The molecule has 3 aromatic rings. The number of phenolic OH excluding ortho intramolecular Hbond substituents is 1. The molecular formula is C17H15BrN4O4. The van der Waals surface area contributed by atoms with Gasteiger partial charge in [-0.3, -0.25) is 15.1 Å². The minimum Gasteiger partial charge on any atom is -0.502 e. The minimum atomic E-state index is -0.671. The second kappa shape index (κ2) is 7.14. The number of fused-ring (bicyclic) bond motifs is 1. The van der Waals surface area contributed by atoms with Crippen LogP contribution in [0.5, 0.6) is 11.6 Å². The molecule has 0 aliphatic carbocycles. The number of aliphatic imine (C=N–C) groups is 1. The Labute approximate surface area is 156 Å². The van der Waals surface area contributed by atoms with E-state index in [-0.39, 0.29) is 19.0 Å². The van der Waals surface area contributed by atoms with Gasteiger partial charge in [-0.25, -0.2) is 0 Å². The molecule has 0 radical (unpaired) electrons. The number of aromatic hydroxyl groups is 2. The molecule has 0 aliphatic heterocycles. The molecule has 0 saturated carbocycles. The van der Waals surface area contributed by atoms with E-state index in [0.29, 0.717) is 27.7 Å². The van der Waals surface area contributed by atoms with Crippen LogP contribution in [-0.2, 0) is 0 Å². The van der Waals surface area contributed by atoms with Crippen LogP contribution in [-0.4, -0.2) is 38.9 Å². The number of hydrogen-bond acceptors (Lipinski definition) is 6. The first-order valence-corrected chi connectivity index (χ1v) is 8.44. The molecule has 8 nitrogen and oxygen atoms in total. The van der Waals surface area contributed by atoms with E-state index in [1.54, 1.807) is 6.07 Å². The molecule has 0 fully saturated rings. The van der Waals surface area contributed by atoms with Gasteiger partial charge in [-0.2, -0.15) is 0 Å². The van der Waals surface area contributed by atoms with Gasteiger partial charge in [-0.05, 0) is 30.3 Å². The van der Waals surface area contributed by atoms with E-state index in [2.05, 4.69) is 25.9 Å². The number of aromatic amines is 1. The Bertz CT molecular complexity index is 1030. The van der Waals surface area contributed by atoms with Crippen molar-refractivity contribution in [3.63, 3.8) is 0 Å². The monoisotopic (exact) mass is 418 g/mol. The van der Waals surface area contributed by atoms with E-state index < -0.39 is 16.4 Å². The summed E-state index contributed by atoms with van der Waals surface area (Å²) in [4.78, 5) is 17.6. The average molecular weight is 419 g/mol. The summed E-state index contributed by atoms with van der Waals surface area (Å²) >= 11 is 3.40. The summed E-state index contributed by atoms with van der Waals surface area (Å²) in [5.74, 6) is -0.569. The van der Waals surface area contributed by atoms with Crippen LogP contribution < -0.4 is 5.73 Å². The fourth-order valence-corrected chi connectivity index (χ4v) is 3.07. The van der Waals surface area contributed by atoms with E-state index >= 15 is 0 Å². The van der Waals surface area contributed by atoms with Crippen molar-refractivity contribution < 1.29 is 15.1 Å². The summed E-state index contributed by atoms with van der Waals surface area (Å²) in [6, 6.07) is 9.38. The predicted molar refractivity (Wildman–Crippen MR) is 102 cm³/mol. The van der Waals surface area contributed by atoms with Crippen LogP contribution in [0.1, 0.15) is 11.1 Å². The second-order valence-electron chi connectivity index (χ2n) is 5.52. The molecule has 2 aromatic carbocycles. The topological polar surface area (TPSA) is 138 Å². The third-order valence-electron chi connectivity index (χ3n) is 3.82. The molecule has 9 heteroatoms. The number of halogens is 1. The van der Waals surface area contributed by atoms with Gasteiger partial charge in [-0.1, -0.05) is 15.9 Å². The van der Waals surface area contributed by atoms with E-state index in [4.69, 9.17) is 5.73 Å². The average Bonchev–Trinajstić information content (AvgIpc) is 2.90. The van der Waals surface area contributed by atoms with Crippen molar-refractivity contribution in [3.05, 3.63) is 62.1 Å². The molecule has 1 aromatic heterocycles. The largest absolute Gasteiger partial charge is 0.502 e. The van der Waals surface area contributed by atoms with Crippen molar-refractivity contribution in [2.75, 3.05) is 13.1 Å². The van der Waals surface area contributed by atoms with Gasteiger partial charge in [0.2, 0.25) is 0 Å². The Kier molecular flexibility index (Phi) is 4.92. The lowest BCUT2D eigenvalue weighted by Crippen LogP contribution is -2.09. The molecule has 0 amide bonds. The van der Waals surface area contributed by atoms with Crippen LogP contribution in [0.4, 0.5) is 5.69 Å². The molecule has 0 saturated heterocycles. The van der Waals surface area contributed by atoms with Crippen LogP contribution in [0.25, 0.3) is 10.9 Å². The number of hydrogen-bond donors (Lipinski definition) is 4. The summed E-state index contributed by atoms with van der Waals surface area (Å²) in [5.41, 5.74) is 7.09. The Morgan fingerprint density at radius 2 is 2.04 bits per heavy atom. The summed E-state index contributed by atoms with van der Waals surface area (Å²) in [6.45, 7) is 0.572. The minimum absolute atomic E-state index is 0.0910. The molecule has 0 atom stereocenters. The van der Waals surface area contributed by atoms with Gasteiger partial charge in [0.05, 0.1) is 22.7 Å². The third kappa shape index (κ3) is 3.26. The highest BCUT2D eigenvalue weighted by atomic mass is 79.9. The van der Waals surface area contributed by atoms with Crippen molar-refractivity contribution >= 4 is 38.2 Å². The number of nitrogens with one attached hydrogen (secondary N) is 1. The number of nitrogens with two attached hydrogens (primary N) is 1. The van der Waals surface area contributed by atoms with E-state index in [1.165, 1.54) is 18.2 Å². The summed E-state index contributed by atoms with van der Waals surface area (Å²) < 4.78 is 0.815. The first-order valence-electron chi connectivity index (χ1n) is 7.65. The van der Waals surface area contributed by atoms with E-state index in [9.17, 15) is 20.3 Å². The number of phenols is 1. The maximum Gasteiger partial charge on any atom is 0.310 e. The molecule has 5 N–H and O–H groups in total. The van der Waals surface area contributed by atoms with Crippen molar-refractivity contribution in [2.24, 2.45) is 10.7 Å². The second-order valence-corrected chi connectivity index (χ2v) is 6.43. The lowest BCUT2D eigenvalue weighted by atomic mass is 10.00. The van der Waals surface area contributed by atoms with Gasteiger partial charge in [0, 0.05) is 33.6 Å². The molecular weight excluding hydrogens is 404 g/mol. The number of rotatable bonds is 5. The summed E-state index contributed by atoms with van der Waals surface area (Å²) in [6.07, 6.45) is 0. The van der Waals surface area contributed by atoms with Crippen molar-refractivity contribution in [2.45, 2.75) is 0 Å². The van der Waals surface area contributed by atoms with Crippen LogP contribution >= 0.6 is 15.9 Å². The van der Waals surface area contributed by atoms with Crippen LogP contribution in [0.15, 0.2) is 45.9 Å². The number of nitro groups is 1. The van der Waals surface area contributed by atoms with Gasteiger partial charge in [0.15, 0.2) is 11.6 Å². The molecule has 134 valence electrons. The van der Waals surface area contributed by atoms with Gasteiger partial charge in [0.25, 0.3) is 0 Å². The standard InChI is InChI=1S/C17H15BrN4O4/c18-10-2-3-12-11(8-10)15(17(24)21-12)16(20-6-5-19)9-1-4-13(22(25)26)14(23)7-9/h1-4,7-8,21,23-24H,5-6,19H2. The molecule has 0 unspecified atom stereocenters. The Hall–Kier alpha value is -2.91. The van der Waals surface area contributed by atoms with Crippen LogP contribution in [0.2, 0.25) is 0 Å². The fourth-order valence-electron chi connectivity index (χ4n) is 2.71. The molecule has 0 bridgehead atoms. The molecule has 1 heterocycles. The normalized spacial score (nSPS) is 11.8. The zero-order chi connectivity index (χ0) is 18.8. The third-order valence-corrected chi connectivity index (χ3v) is 4.32. The first-order chi connectivity index (χ1) is 12.4. The highest BCUT2D eigenvalue weighted by Crippen LogP contribution is 2.34. The van der Waals surface area contributed by atoms with Gasteiger partial charge < -0.3 is 20.9 Å². The molecule has 3 rings (SSSR count). The number of benzene rings is 2. The van der Waals surface area contributed by atoms with Gasteiger partial charge in [-0.15, -0.1) is 0 Å². The van der Waals surface area contributed by atoms with Crippen LogP contribution in [0, 0.1) is 10.1 Å². The zero-order valence-corrected chi connectivity index (χ0v) is 15.0. The van der Waals surface area contributed by atoms with E-state index in [1.807, 2.05) is 12.1 Å². The smallest absolute Gasteiger partial charge is 0.310 e. The zero-order valence-electron chi connectivity index (χ0n) is 13.4. The lowest BCUT2D eigenvalue weighted by molar-refractivity contribution is -0.385. The number of aromatic nitrogens is 1. The Morgan fingerprint density at radius 1 is 1.27 bits per heavy atom. The van der Waals surface area contributed by atoms with Crippen molar-refractivity contribution in [1.82, 2.24) is 4.98 Å². The highest BCUT2D eigenvalue weighted by Gasteiger charge is 2.21. The van der Waals surface area contributed by atoms with Crippen LogP contribution in [0.3, 0.4) is 0 Å². The Balaban J connectivity index is 2.23. The maximum absolute atomic E-state index is 10.9. The summed E-state index contributed by atoms with van der Waals surface area (Å²) in [5, 5.41) is 32.0. The van der Waals surface area contributed by atoms with E-state index in [0.717, 1.165) is 4.47 Å². The van der Waals surface area contributed by atoms with Gasteiger partial charge in [0.1, 0.15) is 0 Å². The highest BCUT2D eigenvalue weighted by molar-refractivity contribution is 9.10. The Morgan fingerprint density at radius 3 is 2.69 bits per heavy atom. The first kappa shape index (κ1) is 17.9. The van der Waals surface area contributed by atoms with Gasteiger partial charge >= 0.3 is 5.69 Å².